The van der Waals surface area contributed by atoms with E-state index in [0.717, 1.165) is 41.6 Å². The average molecular weight is 385 g/mol. The molecule has 0 saturated heterocycles. The van der Waals surface area contributed by atoms with Crippen molar-refractivity contribution in [2.45, 2.75) is 32.2 Å². The highest BCUT2D eigenvalue weighted by Gasteiger charge is 2.24. The molecule has 7 heteroatoms. The van der Waals surface area contributed by atoms with Crippen LogP contribution in [0.3, 0.4) is 0 Å². The number of nitrogens with one attached hydrogen (secondary N) is 1. The second kappa shape index (κ2) is 7.40. The second-order valence-electron chi connectivity index (χ2n) is 6.79. The number of nitrogens with zero attached hydrogens (tertiary/aromatic N) is 2. The molecule has 1 aliphatic carbocycles. The third-order valence-corrected chi connectivity index (χ3v) is 4.90. The van der Waals surface area contributed by atoms with Gasteiger partial charge in [0, 0.05) is 18.1 Å². The summed E-state index contributed by atoms with van der Waals surface area (Å²) in [5.41, 5.74) is 10.0. The van der Waals surface area contributed by atoms with Gasteiger partial charge in [0.1, 0.15) is 11.2 Å². The van der Waals surface area contributed by atoms with E-state index in [9.17, 15) is 9.59 Å². The Balaban J connectivity index is 0.00000210. The summed E-state index contributed by atoms with van der Waals surface area (Å²) in [6.07, 6.45) is 5.76. The number of anilines is 1. The fourth-order valence-electron chi connectivity index (χ4n) is 3.55. The van der Waals surface area contributed by atoms with Crippen LogP contribution in [0, 0.1) is 6.92 Å². The van der Waals surface area contributed by atoms with Gasteiger partial charge in [-0.15, -0.1) is 12.4 Å². The molecular weight excluding hydrogens is 364 g/mol. The third kappa shape index (κ3) is 3.53. The van der Waals surface area contributed by atoms with Crippen LogP contribution in [0.5, 0.6) is 0 Å². The summed E-state index contributed by atoms with van der Waals surface area (Å²) in [7, 11) is 0. The highest BCUT2D eigenvalue weighted by Crippen LogP contribution is 2.31. The van der Waals surface area contributed by atoms with Crippen LogP contribution in [-0.4, -0.2) is 15.3 Å². The van der Waals surface area contributed by atoms with Crippen molar-refractivity contribution < 1.29 is 4.79 Å². The Kier molecular flexibility index (Phi) is 5.19. The number of hydrogen-bond acceptors (Lipinski definition) is 4. The maximum Gasteiger partial charge on any atom is 0.270 e. The van der Waals surface area contributed by atoms with Gasteiger partial charge >= 0.3 is 0 Å². The molecule has 2 heterocycles. The molecule has 4 rings (SSSR count). The summed E-state index contributed by atoms with van der Waals surface area (Å²) >= 11 is 0. The van der Waals surface area contributed by atoms with E-state index >= 15 is 0 Å². The highest BCUT2D eigenvalue weighted by atomic mass is 35.5. The minimum absolute atomic E-state index is 0. The smallest absolute Gasteiger partial charge is 0.270 e. The fraction of sp³-hybridized carbons (Fsp3) is 0.250. The lowest BCUT2D eigenvalue weighted by Gasteiger charge is -2.26. The number of nitrogens with two attached hydrogens (primary N) is 1. The molecule has 0 fully saturated rings. The number of rotatable bonds is 2. The molecule has 1 aliphatic rings. The lowest BCUT2D eigenvalue weighted by molar-refractivity contribution is 0.0930. The van der Waals surface area contributed by atoms with Crippen LogP contribution < -0.4 is 16.6 Å². The maximum absolute atomic E-state index is 12.7. The van der Waals surface area contributed by atoms with E-state index in [1.54, 1.807) is 6.20 Å². The molecule has 27 heavy (non-hydrogen) atoms. The van der Waals surface area contributed by atoms with Crippen molar-refractivity contribution in [2.75, 3.05) is 5.73 Å². The predicted octanol–water partition coefficient (Wildman–Crippen LogP) is 2.81. The molecular formula is C20H21ClN4O2. The zero-order chi connectivity index (χ0) is 18.3. The van der Waals surface area contributed by atoms with Crippen molar-refractivity contribution in [3.05, 3.63) is 75.3 Å². The maximum atomic E-state index is 12.7. The van der Waals surface area contributed by atoms with Crippen molar-refractivity contribution in [2.24, 2.45) is 0 Å². The first kappa shape index (κ1) is 18.9. The van der Waals surface area contributed by atoms with Gasteiger partial charge in [-0.1, -0.05) is 6.07 Å². The number of aromatic nitrogens is 2. The normalized spacial score (nSPS) is 15.7. The largest absolute Gasteiger partial charge is 0.399 e. The Morgan fingerprint density at radius 3 is 2.93 bits per heavy atom. The number of pyridine rings is 1. The van der Waals surface area contributed by atoms with Gasteiger partial charge in [-0.05, 0) is 67.1 Å². The highest BCUT2D eigenvalue weighted by molar-refractivity contribution is 5.94. The number of amides is 1. The van der Waals surface area contributed by atoms with Crippen molar-refractivity contribution in [3.63, 3.8) is 0 Å². The zero-order valence-corrected chi connectivity index (χ0v) is 15.8. The first-order chi connectivity index (χ1) is 12.5. The lowest BCUT2D eigenvalue weighted by atomic mass is 9.87. The molecule has 140 valence electrons. The van der Waals surface area contributed by atoms with Gasteiger partial charge in [-0.2, -0.15) is 0 Å². The van der Waals surface area contributed by atoms with Gasteiger partial charge in [0.2, 0.25) is 0 Å². The first-order valence-electron chi connectivity index (χ1n) is 8.70. The summed E-state index contributed by atoms with van der Waals surface area (Å²) in [4.78, 5) is 29.6. The van der Waals surface area contributed by atoms with Crippen molar-refractivity contribution in [3.8, 4) is 0 Å². The summed E-state index contributed by atoms with van der Waals surface area (Å²) in [5.74, 6) is -0.396. The van der Waals surface area contributed by atoms with Crippen LogP contribution in [0.4, 0.5) is 5.69 Å². The van der Waals surface area contributed by atoms with E-state index in [1.807, 2.05) is 37.3 Å². The standard InChI is InChI=1S/C20H20N4O2.ClH/c1-12-7-8-24-18(9-12)22-11-16(20(24)26)19(25)23-17-4-2-3-13-10-14(21)5-6-15(13)17;/h5-11,17H,2-4,21H2,1H3,(H,23,25);1H. The van der Waals surface area contributed by atoms with E-state index in [4.69, 9.17) is 5.73 Å². The van der Waals surface area contributed by atoms with Crippen LogP contribution in [0.15, 0.2) is 47.5 Å². The monoisotopic (exact) mass is 384 g/mol. The minimum Gasteiger partial charge on any atom is -0.399 e. The molecule has 0 spiro atoms. The number of halogens is 1. The number of hydrogen-bond donors (Lipinski definition) is 2. The zero-order valence-electron chi connectivity index (χ0n) is 14.9. The van der Waals surface area contributed by atoms with Crippen LogP contribution in [0.1, 0.15) is 45.9 Å². The van der Waals surface area contributed by atoms with E-state index in [1.165, 1.54) is 10.6 Å². The summed E-state index contributed by atoms with van der Waals surface area (Å²) < 4.78 is 1.40. The van der Waals surface area contributed by atoms with Crippen LogP contribution in [0.2, 0.25) is 0 Å². The van der Waals surface area contributed by atoms with Crippen LogP contribution in [-0.2, 0) is 6.42 Å². The quantitative estimate of drug-likeness (QED) is 0.665. The van der Waals surface area contributed by atoms with Gasteiger partial charge in [-0.25, -0.2) is 4.98 Å². The number of carbonyl (C=O) groups excluding carboxylic acids is 1. The van der Waals surface area contributed by atoms with Gasteiger partial charge < -0.3 is 11.1 Å². The molecule has 3 N–H and O–H groups in total. The minimum atomic E-state index is -0.396. The Hall–Kier alpha value is -2.86. The number of fused-ring (bicyclic) bond motifs is 2. The second-order valence-corrected chi connectivity index (χ2v) is 6.79. The Morgan fingerprint density at radius 2 is 2.11 bits per heavy atom. The Morgan fingerprint density at radius 1 is 1.30 bits per heavy atom. The van der Waals surface area contributed by atoms with E-state index < -0.39 is 5.91 Å². The van der Waals surface area contributed by atoms with Crippen LogP contribution in [0.25, 0.3) is 5.65 Å². The van der Waals surface area contributed by atoms with Crippen molar-refractivity contribution in [1.82, 2.24) is 14.7 Å². The van der Waals surface area contributed by atoms with Gasteiger partial charge in [0.05, 0.1) is 6.04 Å². The van der Waals surface area contributed by atoms with Gasteiger partial charge in [0.15, 0.2) is 0 Å². The molecule has 6 nitrogen and oxygen atoms in total. The SMILES string of the molecule is Cc1ccn2c(=O)c(C(=O)NC3CCCc4cc(N)ccc43)cnc2c1.Cl. The number of benzene rings is 1. The van der Waals surface area contributed by atoms with E-state index in [2.05, 4.69) is 10.3 Å². The summed E-state index contributed by atoms with van der Waals surface area (Å²) in [6, 6.07) is 9.28. The molecule has 1 amide bonds. The topological polar surface area (TPSA) is 89.5 Å². The van der Waals surface area contributed by atoms with Gasteiger partial charge in [-0.3, -0.25) is 14.0 Å². The molecule has 1 unspecified atom stereocenters. The summed E-state index contributed by atoms with van der Waals surface area (Å²) in [6.45, 7) is 1.93. The molecule has 3 aromatic rings. The number of carbonyl (C=O) groups is 1. The molecule has 2 aromatic heterocycles. The molecule has 0 aliphatic heterocycles. The Bertz CT molecular complexity index is 1080. The van der Waals surface area contributed by atoms with E-state index in [-0.39, 0.29) is 29.6 Å². The first-order valence-corrected chi connectivity index (χ1v) is 8.70. The van der Waals surface area contributed by atoms with Gasteiger partial charge in [0.25, 0.3) is 11.5 Å². The molecule has 1 atom stereocenters. The molecule has 0 radical (unpaired) electrons. The van der Waals surface area contributed by atoms with Crippen LogP contribution >= 0.6 is 12.4 Å². The predicted molar refractivity (Wildman–Crippen MR) is 107 cm³/mol. The summed E-state index contributed by atoms with van der Waals surface area (Å²) in [5, 5.41) is 2.99. The third-order valence-electron chi connectivity index (χ3n) is 4.90. The molecule has 1 aromatic carbocycles. The Labute approximate surface area is 162 Å². The van der Waals surface area contributed by atoms with E-state index in [0.29, 0.717) is 5.65 Å². The number of aryl methyl sites for hydroxylation is 2. The molecule has 0 bridgehead atoms. The molecule has 0 saturated carbocycles. The van der Waals surface area contributed by atoms with Crippen molar-refractivity contribution >= 4 is 29.6 Å². The lowest BCUT2D eigenvalue weighted by Crippen LogP contribution is -2.35. The number of nitrogen functional groups attached to an aromatic ring is 1. The average Bonchev–Trinajstić information content (AvgIpc) is 2.61. The fourth-order valence-corrected chi connectivity index (χ4v) is 3.55. The van der Waals surface area contributed by atoms with Crippen molar-refractivity contribution in [1.29, 1.82) is 0 Å².